The summed E-state index contributed by atoms with van der Waals surface area (Å²) in [5.74, 6) is 0. The third-order valence-corrected chi connectivity index (χ3v) is 2.69. The number of rotatable bonds is 1. The van der Waals surface area contributed by atoms with Crippen LogP contribution in [0.25, 0.3) is 22.3 Å². The minimum Gasteiger partial charge on any atom is -0.276 e. The predicted octanol–water partition coefficient (Wildman–Crippen LogP) is 2.78. The van der Waals surface area contributed by atoms with Gasteiger partial charge in [0.05, 0.1) is 11.2 Å². The zero-order chi connectivity index (χ0) is 11.0. The van der Waals surface area contributed by atoms with Gasteiger partial charge >= 0.3 is 0 Å². The first-order chi connectivity index (χ1) is 7.84. The van der Waals surface area contributed by atoms with Gasteiger partial charge in [0.25, 0.3) is 0 Å². The molecule has 2 aromatic heterocycles. The Hall–Kier alpha value is -1.75. The van der Waals surface area contributed by atoms with Crippen LogP contribution in [-0.4, -0.2) is 20.2 Å². The highest BCUT2D eigenvalue weighted by Crippen LogP contribution is 2.25. The summed E-state index contributed by atoms with van der Waals surface area (Å²) < 4.78 is 0.579. The van der Waals surface area contributed by atoms with E-state index >= 15 is 0 Å². The molecule has 3 aromatic rings. The van der Waals surface area contributed by atoms with Gasteiger partial charge < -0.3 is 0 Å². The molecule has 0 fully saturated rings. The van der Waals surface area contributed by atoms with E-state index in [1.165, 1.54) is 0 Å². The summed E-state index contributed by atoms with van der Waals surface area (Å²) >= 11 is 3.31. The average molecular weight is 275 g/mol. The highest BCUT2D eigenvalue weighted by molar-refractivity contribution is 9.10. The molecular formula is C11H7BrN4. The maximum Gasteiger partial charge on any atom is 0.197 e. The van der Waals surface area contributed by atoms with Crippen molar-refractivity contribution in [1.29, 1.82) is 0 Å². The van der Waals surface area contributed by atoms with E-state index in [9.17, 15) is 0 Å². The van der Waals surface area contributed by atoms with E-state index < -0.39 is 0 Å². The standard InChI is InChI=1S/C11H7BrN4/c12-11-14-8-4-2-1-3-7(8)10(15-11)9-5-6-13-16-9/h1-6H,(H,13,16). The predicted molar refractivity (Wildman–Crippen MR) is 64.8 cm³/mol. The van der Waals surface area contributed by atoms with Crippen LogP contribution in [0.5, 0.6) is 0 Å². The van der Waals surface area contributed by atoms with Crippen molar-refractivity contribution in [3.05, 3.63) is 41.3 Å². The summed E-state index contributed by atoms with van der Waals surface area (Å²) in [5, 5.41) is 7.86. The fraction of sp³-hybridized carbons (Fsp3) is 0. The van der Waals surface area contributed by atoms with Crippen molar-refractivity contribution >= 4 is 26.8 Å². The zero-order valence-corrected chi connectivity index (χ0v) is 9.77. The summed E-state index contributed by atoms with van der Waals surface area (Å²) in [6, 6.07) is 9.78. The number of halogens is 1. The van der Waals surface area contributed by atoms with Crippen molar-refractivity contribution in [2.45, 2.75) is 0 Å². The molecule has 1 N–H and O–H groups in total. The van der Waals surface area contributed by atoms with Crippen LogP contribution < -0.4 is 0 Å². The van der Waals surface area contributed by atoms with Crippen LogP contribution in [0.3, 0.4) is 0 Å². The minimum absolute atomic E-state index is 0.579. The second kappa shape index (κ2) is 3.68. The largest absolute Gasteiger partial charge is 0.276 e. The van der Waals surface area contributed by atoms with Gasteiger partial charge in [0, 0.05) is 11.6 Å². The quantitative estimate of drug-likeness (QED) is 0.695. The molecule has 0 saturated carbocycles. The van der Waals surface area contributed by atoms with Crippen LogP contribution in [0.15, 0.2) is 41.3 Å². The monoisotopic (exact) mass is 274 g/mol. The lowest BCUT2D eigenvalue weighted by molar-refractivity contribution is 1.08. The Labute approximate surface area is 99.9 Å². The third-order valence-electron chi connectivity index (χ3n) is 2.33. The summed E-state index contributed by atoms with van der Waals surface area (Å²) in [5.41, 5.74) is 2.66. The van der Waals surface area contributed by atoms with Crippen LogP contribution in [-0.2, 0) is 0 Å². The lowest BCUT2D eigenvalue weighted by Crippen LogP contribution is -1.91. The molecule has 0 aliphatic carbocycles. The van der Waals surface area contributed by atoms with E-state index in [2.05, 4.69) is 36.1 Å². The van der Waals surface area contributed by atoms with E-state index in [0.29, 0.717) is 4.73 Å². The van der Waals surface area contributed by atoms with Crippen LogP contribution in [0.4, 0.5) is 0 Å². The van der Waals surface area contributed by atoms with Gasteiger partial charge in [-0.2, -0.15) is 5.10 Å². The number of nitrogens with one attached hydrogen (secondary N) is 1. The topological polar surface area (TPSA) is 54.5 Å². The fourth-order valence-electron chi connectivity index (χ4n) is 1.64. The SMILES string of the molecule is Brc1nc(-c2ccn[nH]2)c2ccccc2n1. The minimum atomic E-state index is 0.579. The number of fused-ring (bicyclic) bond motifs is 1. The molecule has 0 radical (unpaired) electrons. The van der Waals surface area contributed by atoms with Crippen molar-refractivity contribution in [3.63, 3.8) is 0 Å². The van der Waals surface area contributed by atoms with Crippen molar-refractivity contribution in [2.24, 2.45) is 0 Å². The third kappa shape index (κ3) is 1.49. The lowest BCUT2D eigenvalue weighted by atomic mass is 10.1. The molecule has 0 spiro atoms. The maximum absolute atomic E-state index is 4.38. The zero-order valence-electron chi connectivity index (χ0n) is 8.18. The molecule has 0 bridgehead atoms. The van der Waals surface area contributed by atoms with E-state index in [-0.39, 0.29) is 0 Å². The van der Waals surface area contributed by atoms with Gasteiger partial charge in [0.15, 0.2) is 4.73 Å². The van der Waals surface area contributed by atoms with Gasteiger partial charge in [-0.05, 0) is 28.1 Å². The molecule has 5 heteroatoms. The Balaban J connectivity index is 2.39. The number of aromatic nitrogens is 4. The Morgan fingerprint density at radius 2 is 1.94 bits per heavy atom. The van der Waals surface area contributed by atoms with Crippen LogP contribution in [0.1, 0.15) is 0 Å². The fourth-order valence-corrected chi connectivity index (χ4v) is 2.01. The Bertz CT molecular complexity index is 634. The molecule has 2 heterocycles. The average Bonchev–Trinajstić information content (AvgIpc) is 2.81. The number of hydrogen-bond donors (Lipinski definition) is 1. The summed E-state index contributed by atoms with van der Waals surface area (Å²) in [6.45, 7) is 0. The molecule has 0 saturated heterocycles. The van der Waals surface area contributed by atoms with Crippen molar-refractivity contribution in [3.8, 4) is 11.4 Å². The molecule has 3 rings (SSSR count). The van der Waals surface area contributed by atoms with Gasteiger partial charge in [0.1, 0.15) is 5.69 Å². The highest BCUT2D eigenvalue weighted by atomic mass is 79.9. The second-order valence-corrected chi connectivity index (χ2v) is 4.04. The molecule has 0 atom stereocenters. The number of H-pyrrole nitrogens is 1. The maximum atomic E-state index is 4.38. The molecule has 4 nitrogen and oxygen atoms in total. The molecule has 78 valence electrons. The van der Waals surface area contributed by atoms with Crippen LogP contribution in [0, 0.1) is 0 Å². The van der Waals surface area contributed by atoms with Gasteiger partial charge in [-0.15, -0.1) is 0 Å². The molecule has 0 unspecified atom stereocenters. The first-order valence-corrected chi connectivity index (χ1v) is 5.56. The van der Waals surface area contributed by atoms with Crippen LogP contribution in [0.2, 0.25) is 0 Å². The number of hydrogen-bond acceptors (Lipinski definition) is 3. The number of benzene rings is 1. The Kier molecular flexibility index (Phi) is 2.18. The lowest BCUT2D eigenvalue weighted by Gasteiger charge is -2.03. The van der Waals surface area contributed by atoms with Crippen molar-refractivity contribution < 1.29 is 0 Å². The Morgan fingerprint density at radius 1 is 1.06 bits per heavy atom. The van der Waals surface area contributed by atoms with Gasteiger partial charge in [0.2, 0.25) is 0 Å². The molecule has 0 aliphatic rings. The molecule has 0 aliphatic heterocycles. The second-order valence-electron chi connectivity index (χ2n) is 3.33. The summed E-state index contributed by atoms with van der Waals surface area (Å²) in [6.07, 6.45) is 1.71. The molecule has 0 amide bonds. The first-order valence-electron chi connectivity index (χ1n) is 4.76. The van der Waals surface area contributed by atoms with Gasteiger partial charge in [-0.3, -0.25) is 5.10 Å². The van der Waals surface area contributed by atoms with E-state index in [1.54, 1.807) is 6.20 Å². The van der Waals surface area contributed by atoms with Crippen LogP contribution >= 0.6 is 15.9 Å². The summed E-state index contributed by atoms with van der Waals surface area (Å²) in [7, 11) is 0. The Morgan fingerprint density at radius 3 is 2.75 bits per heavy atom. The number of nitrogens with zero attached hydrogens (tertiary/aromatic N) is 3. The van der Waals surface area contributed by atoms with E-state index in [0.717, 1.165) is 22.3 Å². The highest BCUT2D eigenvalue weighted by Gasteiger charge is 2.08. The number of aromatic amines is 1. The van der Waals surface area contributed by atoms with Crippen molar-refractivity contribution in [1.82, 2.24) is 20.2 Å². The summed E-state index contributed by atoms with van der Waals surface area (Å²) in [4.78, 5) is 8.70. The molecule has 1 aromatic carbocycles. The number of para-hydroxylation sites is 1. The van der Waals surface area contributed by atoms with Gasteiger partial charge in [-0.1, -0.05) is 18.2 Å². The molecular weight excluding hydrogens is 268 g/mol. The van der Waals surface area contributed by atoms with E-state index in [4.69, 9.17) is 0 Å². The first kappa shape index (κ1) is 9.47. The van der Waals surface area contributed by atoms with Crippen molar-refractivity contribution in [2.75, 3.05) is 0 Å². The smallest absolute Gasteiger partial charge is 0.197 e. The van der Waals surface area contributed by atoms with E-state index in [1.807, 2.05) is 30.3 Å². The molecule has 16 heavy (non-hydrogen) atoms. The van der Waals surface area contributed by atoms with Gasteiger partial charge in [-0.25, -0.2) is 9.97 Å². The normalized spacial score (nSPS) is 10.8.